The van der Waals surface area contributed by atoms with Crippen LogP contribution in [0.4, 0.5) is 9.59 Å². The molecule has 12 nitrogen and oxygen atoms in total. The molecular weight excluding hydrogens is 636 g/mol. The molecule has 0 aromatic heterocycles. The number of benzene rings is 1. The van der Waals surface area contributed by atoms with Crippen LogP contribution in [0.5, 0.6) is 5.75 Å². The summed E-state index contributed by atoms with van der Waals surface area (Å²) >= 11 is 0. The summed E-state index contributed by atoms with van der Waals surface area (Å²) in [5.74, 6) is 2.45. The molecule has 1 aliphatic heterocycles. The summed E-state index contributed by atoms with van der Waals surface area (Å²) in [5, 5.41) is 3.22. The Bertz CT molecular complexity index is 1180. The van der Waals surface area contributed by atoms with E-state index < -0.39 is 18.0 Å². The van der Waals surface area contributed by atoms with E-state index in [9.17, 15) is 24.0 Å². The van der Waals surface area contributed by atoms with Crippen molar-refractivity contribution in [3.05, 3.63) is 42.0 Å². The van der Waals surface area contributed by atoms with Gasteiger partial charge in [0.1, 0.15) is 12.4 Å². The molecule has 14 heteroatoms. The van der Waals surface area contributed by atoms with Crippen molar-refractivity contribution in [3.8, 4) is 5.75 Å². The van der Waals surface area contributed by atoms with E-state index in [1.807, 2.05) is 0 Å². The van der Waals surface area contributed by atoms with Gasteiger partial charge in [0.2, 0.25) is 0 Å². The Morgan fingerprint density at radius 3 is 2.28 bits per heavy atom. The van der Waals surface area contributed by atoms with Crippen molar-refractivity contribution in [2.45, 2.75) is 64.4 Å². The number of fused-ring (bicyclic) bond motifs is 1. The summed E-state index contributed by atoms with van der Waals surface area (Å²) < 4.78 is 21.3. The van der Waals surface area contributed by atoms with Crippen LogP contribution in [0.25, 0.3) is 0 Å². The molecular formula is C32H42N2O10S2. The zero-order chi connectivity index (χ0) is 32.6. The molecule has 0 radical (unpaired) electrons. The van der Waals surface area contributed by atoms with Crippen molar-refractivity contribution in [2.24, 2.45) is 17.8 Å². The van der Waals surface area contributed by atoms with Crippen molar-refractivity contribution >= 4 is 51.6 Å². The predicted molar refractivity (Wildman–Crippen MR) is 171 cm³/mol. The van der Waals surface area contributed by atoms with Gasteiger partial charge < -0.3 is 24.3 Å². The summed E-state index contributed by atoms with van der Waals surface area (Å²) in [6.07, 6.45) is 9.41. The van der Waals surface area contributed by atoms with Crippen LogP contribution in [0.2, 0.25) is 0 Å². The van der Waals surface area contributed by atoms with Crippen molar-refractivity contribution in [1.29, 1.82) is 0 Å². The lowest BCUT2D eigenvalue weighted by Gasteiger charge is -2.12. The molecule has 1 N–H and O–H groups in total. The van der Waals surface area contributed by atoms with Crippen LogP contribution in [0.3, 0.4) is 0 Å². The number of rotatable bonds is 18. The van der Waals surface area contributed by atoms with Gasteiger partial charge >= 0.3 is 18.2 Å². The minimum absolute atomic E-state index is 0.000933. The zero-order valence-corrected chi connectivity index (χ0v) is 27.5. The first-order valence-corrected chi connectivity index (χ1v) is 18.3. The van der Waals surface area contributed by atoms with E-state index in [-0.39, 0.29) is 37.9 Å². The number of esters is 1. The average molecular weight is 679 g/mol. The number of amides is 3. The van der Waals surface area contributed by atoms with Crippen LogP contribution >= 0.6 is 21.6 Å². The quantitative estimate of drug-likeness (QED) is 0.0515. The number of alkyl carbamates (subject to hydrolysis) is 1. The first-order valence-electron chi connectivity index (χ1n) is 15.8. The molecule has 3 aliphatic rings. The number of hydrogen-bond acceptors (Lipinski definition) is 12. The number of hydrogen-bond donors (Lipinski definition) is 1. The van der Waals surface area contributed by atoms with Gasteiger partial charge in [0.25, 0.3) is 11.8 Å². The number of ether oxygens (including phenoxy) is 4. The number of carbonyl (C=O) groups excluding carboxylic acids is 5. The van der Waals surface area contributed by atoms with Gasteiger partial charge in [-0.1, -0.05) is 50.9 Å². The van der Waals surface area contributed by atoms with Gasteiger partial charge in [-0.3, -0.25) is 19.2 Å². The third kappa shape index (κ3) is 12.5. The second-order valence-electron chi connectivity index (χ2n) is 11.2. The highest BCUT2D eigenvalue weighted by atomic mass is 33.1. The lowest BCUT2D eigenvalue weighted by Crippen LogP contribution is -2.32. The van der Waals surface area contributed by atoms with Crippen molar-refractivity contribution in [1.82, 2.24) is 10.4 Å². The Balaban J connectivity index is 0.914. The molecule has 1 aromatic rings. The fraction of sp³-hybridized carbons (Fsp3) is 0.594. The SMILES string of the molecule is O=C(CCCSSCCOCCCNC(=O)OCC1C2CC/C=C\CCC21)Oc1ccc(COC(=O)ON2C(=O)CCC2=O)cc1. The molecule has 2 aliphatic carbocycles. The summed E-state index contributed by atoms with van der Waals surface area (Å²) in [5.41, 5.74) is 0.606. The Hall–Kier alpha value is -3.23. The normalized spacial score (nSPS) is 21.0. The van der Waals surface area contributed by atoms with Gasteiger partial charge in [-0.05, 0) is 74.0 Å². The summed E-state index contributed by atoms with van der Waals surface area (Å²) in [4.78, 5) is 63.4. The second-order valence-corrected chi connectivity index (χ2v) is 13.9. The first kappa shape index (κ1) is 35.6. The maximum atomic E-state index is 12.1. The van der Waals surface area contributed by atoms with E-state index in [1.165, 1.54) is 12.8 Å². The summed E-state index contributed by atoms with van der Waals surface area (Å²) in [6.45, 7) is 2.10. The monoisotopic (exact) mass is 678 g/mol. The smallest absolute Gasteiger partial charge is 0.449 e. The minimum atomic E-state index is -1.16. The first-order chi connectivity index (χ1) is 22.4. The lowest BCUT2D eigenvalue weighted by atomic mass is 10.1. The van der Waals surface area contributed by atoms with Gasteiger partial charge in [-0.2, -0.15) is 0 Å². The van der Waals surface area contributed by atoms with E-state index in [4.69, 9.17) is 18.9 Å². The highest BCUT2D eigenvalue weighted by Gasteiger charge is 2.49. The Kier molecular flexibility index (Phi) is 15.0. The molecule has 252 valence electrons. The summed E-state index contributed by atoms with van der Waals surface area (Å²) in [7, 11) is 3.36. The topological polar surface area (TPSA) is 147 Å². The molecule has 46 heavy (non-hydrogen) atoms. The highest BCUT2D eigenvalue weighted by Crippen LogP contribution is 2.52. The summed E-state index contributed by atoms with van der Waals surface area (Å²) in [6, 6.07) is 6.42. The number of hydroxylamine groups is 2. The van der Waals surface area contributed by atoms with Crippen LogP contribution in [0.1, 0.15) is 63.4 Å². The molecule has 2 atom stereocenters. The molecule has 1 saturated heterocycles. The van der Waals surface area contributed by atoms with Crippen molar-refractivity contribution in [3.63, 3.8) is 0 Å². The number of carbonyl (C=O) groups is 5. The second kappa shape index (κ2) is 19.4. The molecule has 0 spiro atoms. The Morgan fingerprint density at radius 2 is 1.57 bits per heavy atom. The van der Waals surface area contributed by atoms with Gasteiger partial charge in [-0.15, -0.1) is 0 Å². The average Bonchev–Trinajstić information content (AvgIpc) is 3.58. The van der Waals surface area contributed by atoms with Gasteiger partial charge in [0.15, 0.2) is 0 Å². The standard InChI is InChI=1S/C32H42N2O10S2/c35-28-14-15-29(36)34(28)44-32(39)42-21-23-10-12-24(13-11-23)43-30(37)9-5-19-45-46-20-18-40-17-6-16-33-31(38)41-22-27-25-7-3-1-2-4-8-26(25)27/h1-2,10-13,25-27H,3-9,14-22H2,(H,33,38)/b2-1-. The number of nitrogens with one attached hydrogen (secondary N) is 1. The van der Waals surface area contributed by atoms with Crippen LogP contribution in [0, 0.1) is 17.8 Å². The number of allylic oxidation sites excluding steroid dienone is 2. The van der Waals surface area contributed by atoms with Crippen molar-refractivity contribution < 1.29 is 47.8 Å². The number of imide groups is 1. The van der Waals surface area contributed by atoms with Gasteiger partial charge in [0, 0.05) is 43.9 Å². The molecule has 4 rings (SSSR count). The largest absolute Gasteiger partial charge is 0.534 e. The lowest BCUT2D eigenvalue weighted by molar-refractivity contribution is -0.177. The van der Waals surface area contributed by atoms with Crippen molar-refractivity contribution in [2.75, 3.05) is 37.9 Å². The van der Waals surface area contributed by atoms with Gasteiger partial charge in [0.05, 0.1) is 13.2 Å². The maximum Gasteiger partial charge on any atom is 0.534 e. The van der Waals surface area contributed by atoms with Crippen LogP contribution < -0.4 is 10.1 Å². The molecule has 1 heterocycles. The van der Waals surface area contributed by atoms with Gasteiger partial charge in [-0.25, -0.2) is 9.59 Å². The third-order valence-corrected chi connectivity index (χ3v) is 10.3. The molecule has 2 fully saturated rings. The van der Waals surface area contributed by atoms with E-state index >= 15 is 0 Å². The maximum absolute atomic E-state index is 12.1. The predicted octanol–water partition coefficient (Wildman–Crippen LogP) is 5.60. The van der Waals surface area contributed by atoms with Crippen LogP contribution in [0.15, 0.2) is 36.4 Å². The fourth-order valence-corrected chi connectivity index (χ4v) is 7.30. The number of nitrogens with zero attached hydrogens (tertiary/aromatic N) is 1. The van der Waals surface area contributed by atoms with E-state index in [2.05, 4.69) is 22.3 Å². The van der Waals surface area contributed by atoms with E-state index in [0.29, 0.717) is 55.1 Å². The Morgan fingerprint density at radius 1 is 0.870 bits per heavy atom. The molecule has 3 amide bonds. The third-order valence-electron chi connectivity index (χ3n) is 7.84. The molecule has 1 saturated carbocycles. The molecule has 1 aromatic carbocycles. The zero-order valence-electron chi connectivity index (χ0n) is 25.9. The van der Waals surface area contributed by atoms with E-state index in [0.717, 1.165) is 42.6 Å². The van der Waals surface area contributed by atoms with Crippen LogP contribution in [-0.2, 0) is 40.0 Å². The highest BCUT2D eigenvalue weighted by molar-refractivity contribution is 8.76. The van der Waals surface area contributed by atoms with Crippen LogP contribution in [-0.4, -0.2) is 73.0 Å². The Labute approximate surface area is 276 Å². The minimum Gasteiger partial charge on any atom is -0.449 e. The fourth-order valence-electron chi connectivity index (χ4n) is 5.35. The van der Waals surface area contributed by atoms with E-state index in [1.54, 1.807) is 45.9 Å². The molecule has 2 unspecified atom stereocenters. The molecule has 0 bridgehead atoms.